The Kier molecular flexibility index (Phi) is 2.85. The molecule has 0 saturated carbocycles. The van der Waals surface area contributed by atoms with Crippen molar-refractivity contribution in [3.8, 4) is 0 Å². The van der Waals surface area contributed by atoms with Gasteiger partial charge in [-0.3, -0.25) is 9.59 Å². The molecule has 15 heavy (non-hydrogen) atoms. The molecule has 5 atom stereocenters. The van der Waals surface area contributed by atoms with E-state index in [-0.39, 0.29) is 6.61 Å². The van der Waals surface area contributed by atoms with Crippen LogP contribution in [-0.4, -0.2) is 55.2 Å². The minimum atomic E-state index is -0.839. The van der Waals surface area contributed by atoms with Crippen molar-refractivity contribution in [3.05, 3.63) is 0 Å². The van der Waals surface area contributed by atoms with Crippen LogP contribution in [0.4, 0.5) is 0 Å². The van der Waals surface area contributed by atoms with Gasteiger partial charge in [-0.05, 0) is 0 Å². The quantitative estimate of drug-likeness (QED) is 0.506. The normalized spacial score (nSPS) is 42.6. The highest BCUT2D eigenvalue weighted by molar-refractivity contribution is 5.47. The molecule has 0 aromatic heterocycles. The molecule has 1 amide bonds. The molecule has 2 bridgehead atoms. The monoisotopic (exact) mass is 217 g/mol. The second-order valence-electron chi connectivity index (χ2n) is 3.37. The van der Waals surface area contributed by atoms with Crippen LogP contribution < -0.4 is 5.32 Å². The zero-order chi connectivity index (χ0) is 10.8. The van der Waals surface area contributed by atoms with Crippen LogP contribution >= 0.6 is 0 Å². The number of hydrogen-bond acceptors (Lipinski definition) is 6. The number of carbonyl (C=O) groups is 2. The topological polar surface area (TPSA) is 94.1 Å². The van der Waals surface area contributed by atoms with Crippen LogP contribution in [0.3, 0.4) is 0 Å². The fraction of sp³-hybridized carbons (Fsp3) is 0.750. The van der Waals surface area contributed by atoms with Crippen LogP contribution in [0.5, 0.6) is 0 Å². The van der Waals surface area contributed by atoms with Gasteiger partial charge in [0.25, 0.3) is 6.47 Å². The minimum absolute atomic E-state index is 0.0372. The fourth-order valence-corrected chi connectivity index (χ4v) is 1.88. The zero-order valence-electron chi connectivity index (χ0n) is 7.74. The fourth-order valence-electron chi connectivity index (χ4n) is 1.88. The summed E-state index contributed by atoms with van der Waals surface area (Å²) in [4.78, 5) is 20.2. The minimum Gasteiger partial charge on any atom is -0.465 e. The highest BCUT2D eigenvalue weighted by atomic mass is 16.8. The summed E-state index contributed by atoms with van der Waals surface area (Å²) in [5.74, 6) is 0. The number of rotatable bonds is 5. The lowest BCUT2D eigenvalue weighted by Gasteiger charge is -2.28. The second kappa shape index (κ2) is 4.13. The Hall–Kier alpha value is -1.18. The zero-order valence-corrected chi connectivity index (χ0v) is 7.74. The SMILES string of the molecule is O=CNC1C2OC(COC=O)C(O2)C1O. The van der Waals surface area contributed by atoms with E-state index in [9.17, 15) is 14.7 Å². The summed E-state index contributed by atoms with van der Waals surface area (Å²) in [5.41, 5.74) is 0. The number of carbonyl (C=O) groups excluding carboxylic acids is 2. The summed E-state index contributed by atoms with van der Waals surface area (Å²) >= 11 is 0. The summed E-state index contributed by atoms with van der Waals surface area (Å²) in [5, 5.41) is 12.1. The van der Waals surface area contributed by atoms with E-state index in [1.807, 2.05) is 0 Å². The van der Waals surface area contributed by atoms with Gasteiger partial charge in [0.05, 0.1) is 0 Å². The molecule has 5 unspecified atom stereocenters. The molecule has 7 nitrogen and oxygen atoms in total. The van der Waals surface area contributed by atoms with Gasteiger partial charge >= 0.3 is 0 Å². The van der Waals surface area contributed by atoms with Crippen molar-refractivity contribution >= 4 is 12.9 Å². The van der Waals surface area contributed by atoms with Gasteiger partial charge in [-0.1, -0.05) is 0 Å². The molecule has 2 aliphatic rings. The number of amides is 1. The van der Waals surface area contributed by atoms with E-state index >= 15 is 0 Å². The first-order chi connectivity index (χ1) is 7.27. The molecule has 0 aromatic rings. The third-order valence-corrected chi connectivity index (χ3v) is 2.55. The average Bonchev–Trinajstić information content (AvgIpc) is 2.76. The van der Waals surface area contributed by atoms with Crippen molar-refractivity contribution in [2.75, 3.05) is 6.61 Å². The van der Waals surface area contributed by atoms with Gasteiger partial charge < -0.3 is 24.6 Å². The molecule has 0 aliphatic carbocycles. The molecular weight excluding hydrogens is 206 g/mol. The Labute approximate surface area is 85.3 Å². The van der Waals surface area contributed by atoms with Crippen LogP contribution in [0.2, 0.25) is 0 Å². The van der Waals surface area contributed by atoms with E-state index in [0.29, 0.717) is 12.9 Å². The van der Waals surface area contributed by atoms with Gasteiger partial charge in [0, 0.05) is 0 Å². The van der Waals surface area contributed by atoms with Crippen LogP contribution in [0.25, 0.3) is 0 Å². The molecule has 2 heterocycles. The Balaban J connectivity index is 1.94. The number of ether oxygens (including phenoxy) is 3. The lowest BCUT2D eigenvalue weighted by atomic mass is 10.0. The van der Waals surface area contributed by atoms with Gasteiger partial charge in [0.15, 0.2) is 6.29 Å². The van der Waals surface area contributed by atoms with E-state index in [0.717, 1.165) is 0 Å². The molecule has 2 saturated heterocycles. The van der Waals surface area contributed by atoms with Crippen molar-refractivity contribution < 1.29 is 28.9 Å². The van der Waals surface area contributed by atoms with E-state index < -0.39 is 30.6 Å². The van der Waals surface area contributed by atoms with Gasteiger partial charge in [-0.2, -0.15) is 0 Å². The third-order valence-electron chi connectivity index (χ3n) is 2.55. The maximum absolute atomic E-state index is 10.2. The molecule has 2 rings (SSSR count). The maximum Gasteiger partial charge on any atom is 0.293 e. The molecular formula is C8H11NO6. The Morgan fingerprint density at radius 3 is 2.80 bits per heavy atom. The van der Waals surface area contributed by atoms with Crippen LogP contribution in [0.15, 0.2) is 0 Å². The van der Waals surface area contributed by atoms with E-state index in [4.69, 9.17) is 9.47 Å². The Morgan fingerprint density at radius 2 is 2.20 bits per heavy atom. The van der Waals surface area contributed by atoms with Crippen molar-refractivity contribution in [1.82, 2.24) is 5.32 Å². The summed E-state index contributed by atoms with van der Waals surface area (Å²) in [6, 6.07) is -0.556. The molecule has 0 radical (unpaired) electrons. The summed E-state index contributed by atoms with van der Waals surface area (Å²) in [6.45, 7) is 0.346. The predicted octanol–water partition coefficient (Wildman–Crippen LogP) is -2.24. The molecule has 2 N–H and O–H groups in total. The van der Waals surface area contributed by atoms with E-state index in [2.05, 4.69) is 10.1 Å². The smallest absolute Gasteiger partial charge is 0.293 e. The van der Waals surface area contributed by atoms with Gasteiger partial charge in [0.1, 0.15) is 31.0 Å². The summed E-state index contributed by atoms with van der Waals surface area (Å²) in [6.07, 6.45) is -2.06. The second-order valence-corrected chi connectivity index (χ2v) is 3.37. The molecule has 0 spiro atoms. The van der Waals surface area contributed by atoms with Gasteiger partial charge in [-0.25, -0.2) is 0 Å². The highest BCUT2D eigenvalue weighted by Gasteiger charge is 2.55. The van der Waals surface area contributed by atoms with Crippen molar-refractivity contribution in [3.63, 3.8) is 0 Å². The number of nitrogens with one attached hydrogen (secondary N) is 1. The molecule has 84 valence electrons. The summed E-state index contributed by atoms with van der Waals surface area (Å²) in [7, 11) is 0. The van der Waals surface area contributed by atoms with Crippen molar-refractivity contribution in [1.29, 1.82) is 0 Å². The predicted molar refractivity (Wildman–Crippen MR) is 44.5 cm³/mol. The number of aliphatic hydroxyl groups excluding tert-OH is 1. The first-order valence-electron chi connectivity index (χ1n) is 4.52. The average molecular weight is 217 g/mol. The molecule has 7 heteroatoms. The third kappa shape index (κ3) is 1.69. The van der Waals surface area contributed by atoms with Crippen molar-refractivity contribution in [2.24, 2.45) is 0 Å². The van der Waals surface area contributed by atoms with Crippen LogP contribution in [0, 0.1) is 0 Å². The maximum atomic E-state index is 10.2. The number of hydrogen-bond donors (Lipinski definition) is 2. The molecule has 2 aliphatic heterocycles. The van der Waals surface area contributed by atoms with Crippen molar-refractivity contribution in [2.45, 2.75) is 30.6 Å². The van der Waals surface area contributed by atoms with Gasteiger partial charge in [-0.15, -0.1) is 0 Å². The number of aliphatic hydroxyl groups is 1. The molecule has 0 aromatic carbocycles. The lowest BCUT2D eigenvalue weighted by Crippen LogP contribution is -2.53. The largest absolute Gasteiger partial charge is 0.465 e. The van der Waals surface area contributed by atoms with Crippen LogP contribution in [0.1, 0.15) is 0 Å². The van der Waals surface area contributed by atoms with E-state index in [1.54, 1.807) is 0 Å². The highest BCUT2D eigenvalue weighted by Crippen LogP contribution is 2.33. The van der Waals surface area contributed by atoms with E-state index in [1.165, 1.54) is 0 Å². The standard InChI is InChI=1S/C8H11NO6/c10-2-9-5-6(12)7-4(1-13-3-11)14-8(5)15-7/h2-8,12H,1H2,(H,9,10). The Morgan fingerprint density at radius 1 is 1.40 bits per heavy atom. The molecule has 2 fully saturated rings. The lowest BCUT2D eigenvalue weighted by molar-refractivity contribution is -0.138. The first kappa shape index (κ1) is 10.3. The summed E-state index contributed by atoms with van der Waals surface area (Å²) < 4.78 is 15.1. The number of fused-ring (bicyclic) bond motifs is 2. The van der Waals surface area contributed by atoms with Gasteiger partial charge in [0.2, 0.25) is 6.41 Å². The first-order valence-corrected chi connectivity index (χ1v) is 4.52. The van der Waals surface area contributed by atoms with Crippen LogP contribution in [-0.2, 0) is 23.8 Å². The Bertz CT molecular complexity index is 256.